The molecule has 2 heterocycles. The molecule has 3 rings (SSSR count). The number of tetrazole rings is 1. The van der Waals surface area contributed by atoms with Crippen molar-refractivity contribution < 1.29 is 14.2 Å². The minimum atomic E-state index is -0.641. The Kier molecular flexibility index (Phi) is 3.95. The second-order valence-corrected chi connectivity index (χ2v) is 4.73. The molecule has 10 nitrogen and oxygen atoms in total. The lowest BCUT2D eigenvalue weighted by atomic mass is 10.2. The Balaban J connectivity index is 1.85. The number of amidine groups is 1. The average molecular weight is 339 g/mol. The fraction of sp³-hybridized carbons (Fsp3) is 0.0909. The summed E-state index contributed by atoms with van der Waals surface area (Å²) in [5.74, 6) is -1.07. The van der Waals surface area contributed by atoms with Crippen molar-refractivity contribution in [3.63, 3.8) is 0 Å². The van der Waals surface area contributed by atoms with Gasteiger partial charge in [0, 0.05) is 0 Å². The minimum Gasteiger partial charge on any atom is -0.282 e. The maximum Gasteiger partial charge on any atom is 0.182 e. The fourth-order valence-corrected chi connectivity index (χ4v) is 1.92. The van der Waals surface area contributed by atoms with E-state index in [9.17, 15) is 9.60 Å². The first kappa shape index (κ1) is 15.0. The lowest BCUT2D eigenvalue weighted by molar-refractivity contribution is 0.297. The van der Waals surface area contributed by atoms with Crippen LogP contribution < -0.4 is 5.06 Å². The topological polar surface area (TPSA) is 130 Å². The van der Waals surface area contributed by atoms with Crippen LogP contribution in [0.15, 0.2) is 29.2 Å². The highest BCUT2D eigenvalue weighted by molar-refractivity contribution is 6.31. The first-order valence-electron chi connectivity index (χ1n) is 6.11. The van der Waals surface area contributed by atoms with Gasteiger partial charge >= 0.3 is 0 Å². The van der Waals surface area contributed by atoms with Crippen LogP contribution in [0.4, 0.5) is 10.1 Å². The summed E-state index contributed by atoms with van der Waals surface area (Å²) in [4.78, 5) is 0. The number of hydrogen-bond acceptors (Lipinski definition) is 8. The highest BCUT2D eigenvalue weighted by Crippen LogP contribution is 2.23. The van der Waals surface area contributed by atoms with E-state index < -0.39 is 11.7 Å². The highest BCUT2D eigenvalue weighted by Gasteiger charge is 2.22. The van der Waals surface area contributed by atoms with E-state index in [1.165, 1.54) is 23.1 Å². The lowest BCUT2D eigenvalue weighted by Gasteiger charge is -2.16. The van der Waals surface area contributed by atoms with Crippen molar-refractivity contribution in [2.24, 2.45) is 0 Å². The molecule has 0 radical (unpaired) electrons. The quantitative estimate of drug-likeness (QED) is 0.411. The van der Waals surface area contributed by atoms with E-state index in [2.05, 4.69) is 30.5 Å². The number of aromatic nitrogens is 6. The number of nitrogens with one attached hydrogen (secondary N) is 1. The van der Waals surface area contributed by atoms with Crippen LogP contribution in [0.5, 0.6) is 0 Å². The maximum atomic E-state index is 13.2. The Bertz CT molecular complexity index is 836. The van der Waals surface area contributed by atoms with E-state index in [1.807, 2.05) is 0 Å². The molecule has 0 aliphatic rings. The maximum absolute atomic E-state index is 13.2. The fourth-order valence-electron chi connectivity index (χ4n) is 1.74. The monoisotopic (exact) mass is 338 g/mol. The Morgan fingerprint density at radius 1 is 1.43 bits per heavy atom. The van der Waals surface area contributed by atoms with Crippen molar-refractivity contribution >= 4 is 23.1 Å². The third-order valence-corrected chi connectivity index (χ3v) is 3.13. The lowest BCUT2D eigenvalue weighted by Crippen LogP contribution is -2.28. The molecule has 0 saturated carbocycles. The first-order valence-corrected chi connectivity index (χ1v) is 6.49. The van der Waals surface area contributed by atoms with E-state index in [4.69, 9.17) is 17.0 Å². The van der Waals surface area contributed by atoms with Gasteiger partial charge in [-0.1, -0.05) is 16.8 Å². The molecule has 0 unspecified atom stereocenters. The summed E-state index contributed by atoms with van der Waals surface area (Å²) < 4.78 is 19.1. The Morgan fingerprint density at radius 3 is 2.96 bits per heavy atom. The molecule has 0 spiro atoms. The molecular formula is C11H8ClFN8O2. The smallest absolute Gasteiger partial charge is 0.182 e. The number of benzene rings is 1. The number of hydroxylamine groups is 1. The number of anilines is 1. The summed E-state index contributed by atoms with van der Waals surface area (Å²) in [6.07, 6.45) is 1.35. The molecular weight excluding hydrogens is 331 g/mol. The molecule has 0 aliphatic heterocycles. The summed E-state index contributed by atoms with van der Waals surface area (Å²) in [6, 6.07) is 3.49. The molecule has 2 N–H and O–H groups in total. The minimum absolute atomic E-state index is 0.0246. The Hall–Kier alpha value is -2.92. The predicted molar refractivity (Wildman–Crippen MR) is 73.7 cm³/mol. The zero-order chi connectivity index (χ0) is 16.4. The van der Waals surface area contributed by atoms with Gasteiger partial charge in [0.1, 0.15) is 17.8 Å². The van der Waals surface area contributed by atoms with Crippen LogP contribution >= 0.6 is 11.6 Å². The van der Waals surface area contributed by atoms with Crippen LogP contribution in [0.25, 0.3) is 0 Å². The van der Waals surface area contributed by atoms with E-state index >= 15 is 0 Å². The van der Waals surface area contributed by atoms with Gasteiger partial charge in [0.2, 0.25) is 0 Å². The molecule has 3 aromatic rings. The molecule has 0 bridgehead atoms. The van der Waals surface area contributed by atoms with Crippen LogP contribution in [0.2, 0.25) is 5.02 Å². The standard InChI is InChI=1S/C11H8ClFN8O2/c12-7-3-6(1-2-8(7)13)21(22)11(14)10-9(16-23-17-10)4-20-5-15-18-19-20/h1-3,5,14,22H,4H2. The molecule has 12 heteroatoms. The van der Waals surface area contributed by atoms with Crippen LogP contribution in [0.1, 0.15) is 11.4 Å². The van der Waals surface area contributed by atoms with E-state index in [1.54, 1.807) is 0 Å². The number of nitrogens with zero attached hydrogens (tertiary/aromatic N) is 7. The van der Waals surface area contributed by atoms with Gasteiger partial charge < -0.3 is 0 Å². The zero-order valence-corrected chi connectivity index (χ0v) is 12.0. The van der Waals surface area contributed by atoms with Crippen molar-refractivity contribution in [2.75, 3.05) is 5.06 Å². The third-order valence-electron chi connectivity index (χ3n) is 2.84. The number of hydrogen-bond donors (Lipinski definition) is 2. The van der Waals surface area contributed by atoms with Gasteiger partial charge in [-0.2, -0.15) is 0 Å². The second kappa shape index (κ2) is 6.06. The van der Waals surface area contributed by atoms with Crippen molar-refractivity contribution in [3.05, 3.63) is 46.8 Å². The first-order chi connectivity index (χ1) is 11.1. The van der Waals surface area contributed by atoms with Gasteiger partial charge in [-0.05, 0) is 33.8 Å². The normalized spacial score (nSPS) is 10.7. The summed E-state index contributed by atoms with van der Waals surface area (Å²) in [5.41, 5.74) is 0.288. The Morgan fingerprint density at radius 2 is 2.26 bits per heavy atom. The van der Waals surface area contributed by atoms with Crippen LogP contribution in [-0.2, 0) is 6.54 Å². The molecule has 0 aliphatic carbocycles. The van der Waals surface area contributed by atoms with Gasteiger partial charge in [-0.15, -0.1) is 5.10 Å². The van der Waals surface area contributed by atoms with E-state index in [-0.39, 0.29) is 28.6 Å². The molecule has 23 heavy (non-hydrogen) atoms. The summed E-state index contributed by atoms with van der Waals surface area (Å²) >= 11 is 5.66. The van der Waals surface area contributed by atoms with Crippen molar-refractivity contribution in [2.45, 2.75) is 6.54 Å². The van der Waals surface area contributed by atoms with Gasteiger partial charge in [-0.25, -0.2) is 18.8 Å². The molecule has 0 fully saturated rings. The molecule has 0 amide bonds. The Labute approximate surface area is 132 Å². The SMILES string of the molecule is N=C(c1nonc1Cn1cnnn1)N(O)c1ccc(F)c(Cl)c1. The van der Waals surface area contributed by atoms with Crippen LogP contribution in [0, 0.1) is 11.2 Å². The summed E-state index contributed by atoms with van der Waals surface area (Å²) in [6.45, 7) is 0.0895. The largest absolute Gasteiger partial charge is 0.282 e. The van der Waals surface area contributed by atoms with Crippen molar-refractivity contribution in [1.82, 2.24) is 30.5 Å². The van der Waals surface area contributed by atoms with Gasteiger partial charge in [0.05, 0.1) is 17.3 Å². The zero-order valence-electron chi connectivity index (χ0n) is 11.3. The molecule has 1 aromatic carbocycles. The summed E-state index contributed by atoms with van der Waals surface area (Å²) in [5, 5.41) is 36.2. The van der Waals surface area contributed by atoms with Crippen molar-refractivity contribution in [3.8, 4) is 0 Å². The van der Waals surface area contributed by atoms with Crippen LogP contribution in [0.3, 0.4) is 0 Å². The average Bonchev–Trinajstić information content (AvgIpc) is 3.21. The second-order valence-electron chi connectivity index (χ2n) is 4.33. The number of rotatable bonds is 4. The molecule has 0 atom stereocenters. The van der Waals surface area contributed by atoms with Gasteiger partial charge in [0.15, 0.2) is 11.5 Å². The van der Waals surface area contributed by atoms with E-state index in [0.29, 0.717) is 5.06 Å². The number of halogens is 2. The summed E-state index contributed by atoms with van der Waals surface area (Å²) in [7, 11) is 0. The van der Waals surface area contributed by atoms with Gasteiger partial charge in [0.25, 0.3) is 0 Å². The van der Waals surface area contributed by atoms with Crippen molar-refractivity contribution in [1.29, 1.82) is 5.41 Å². The highest BCUT2D eigenvalue weighted by atomic mass is 35.5. The predicted octanol–water partition coefficient (Wildman–Crippen LogP) is 1.12. The van der Waals surface area contributed by atoms with Gasteiger partial charge in [-0.3, -0.25) is 10.6 Å². The molecule has 0 saturated heterocycles. The molecule has 2 aromatic heterocycles. The van der Waals surface area contributed by atoms with Crippen LogP contribution in [-0.4, -0.2) is 41.6 Å². The molecule has 118 valence electrons. The van der Waals surface area contributed by atoms with E-state index in [0.717, 1.165) is 6.07 Å². The third kappa shape index (κ3) is 3.00.